The molecular weight excluding hydrogens is 328 g/mol. The maximum absolute atomic E-state index is 12.4. The quantitative estimate of drug-likeness (QED) is 0.830. The van der Waals surface area contributed by atoms with Gasteiger partial charge >= 0.3 is 5.97 Å². The number of sulfonamides is 1. The molecule has 2 aromatic rings. The van der Waals surface area contributed by atoms with Crippen molar-refractivity contribution in [2.75, 3.05) is 13.1 Å². The monoisotopic (exact) mass is 348 g/mol. The molecule has 7 heteroatoms. The molecule has 0 unspecified atom stereocenters. The first-order valence-electron chi connectivity index (χ1n) is 7.65. The number of benzene rings is 1. The Hall–Kier alpha value is -2.25. The first kappa shape index (κ1) is 18.1. The lowest BCUT2D eigenvalue weighted by Gasteiger charge is -2.18. The summed E-state index contributed by atoms with van der Waals surface area (Å²) >= 11 is 0. The molecule has 1 N–H and O–H groups in total. The van der Waals surface area contributed by atoms with Crippen molar-refractivity contribution in [2.45, 2.75) is 25.2 Å². The van der Waals surface area contributed by atoms with Crippen LogP contribution < -0.4 is 0 Å². The van der Waals surface area contributed by atoms with E-state index in [1.54, 1.807) is 50.2 Å². The zero-order valence-corrected chi connectivity index (χ0v) is 14.5. The van der Waals surface area contributed by atoms with Gasteiger partial charge in [0.2, 0.25) is 10.0 Å². The van der Waals surface area contributed by atoms with Crippen LogP contribution in [0, 0.1) is 0 Å². The molecule has 24 heavy (non-hydrogen) atoms. The van der Waals surface area contributed by atoms with Crippen LogP contribution in [0.15, 0.2) is 47.5 Å². The molecule has 0 amide bonds. The van der Waals surface area contributed by atoms with Gasteiger partial charge in [-0.15, -0.1) is 0 Å². The van der Waals surface area contributed by atoms with Crippen LogP contribution in [-0.2, 0) is 21.2 Å². The van der Waals surface area contributed by atoms with Crippen molar-refractivity contribution >= 4 is 16.0 Å². The highest BCUT2D eigenvalue weighted by atomic mass is 32.2. The second-order valence-corrected chi connectivity index (χ2v) is 7.17. The van der Waals surface area contributed by atoms with Crippen LogP contribution in [0.25, 0.3) is 11.3 Å². The van der Waals surface area contributed by atoms with Gasteiger partial charge in [-0.1, -0.05) is 32.0 Å². The van der Waals surface area contributed by atoms with E-state index in [0.29, 0.717) is 24.3 Å². The average molecular weight is 348 g/mol. The summed E-state index contributed by atoms with van der Waals surface area (Å²) in [6.45, 7) is 4.45. The topological polar surface area (TPSA) is 87.6 Å². The second kappa shape index (κ2) is 7.55. The molecule has 0 atom stereocenters. The molecular formula is C17H20N2O4S. The fraction of sp³-hybridized carbons (Fsp3) is 0.294. The van der Waals surface area contributed by atoms with Gasteiger partial charge in [-0.05, 0) is 23.8 Å². The van der Waals surface area contributed by atoms with E-state index in [4.69, 9.17) is 5.11 Å². The minimum atomic E-state index is -3.47. The van der Waals surface area contributed by atoms with Gasteiger partial charge in [0.1, 0.15) is 0 Å². The Kier molecular flexibility index (Phi) is 5.69. The number of pyridine rings is 1. The molecule has 0 aliphatic carbocycles. The number of hydrogen-bond acceptors (Lipinski definition) is 4. The Balaban J connectivity index is 2.25. The number of hydrogen-bond donors (Lipinski definition) is 1. The number of rotatable bonds is 7. The number of carboxylic acids is 1. The predicted molar refractivity (Wildman–Crippen MR) is 91.1 cm³/mol. The van der Waals surface area contributed by atoms with Crippen LogP contribution in [0.3, 0.4) is 0 Å². The van der Waals surface area contributed by atoms with Crippen LogP contribution in [0.5, 0.6) is 0 Å². The van der Waals surface area contributed by atoms with Gasteiger partial charge in [-0.3, -0.25) is 9.78 Å². The number of nitrogens with zero attached hydrogens (tertiary/aromatic N) is 2. The predicted octanol–water partition coefficient (Wildman–Crippen LogP) is 2.41. The van der Waals surface area contributed by atoms with E-state index in [0.717, 1.165) is 5.56 Å². The molecule has 0 saturated carbocycles. The molecule has 2 rings (SSSR count). The summed E-state index contributed by atoms with van der Waals surface area (Å²) in [5.74, 6) is -0.907. The minimum Gasteiger partial charge on any atom is -0.481 e. The summed E-state index contributed by atoms with van der Waals surface area (Å²) in [4.78, 5) is 15.2. The summed E-state index contributed by atoms with van der Waals surface area (Å²) < 4.78 is 26.3. The maximum Gasteiger partial charge on any atom is 0.307 e. The van der Waals surface area contributed by atoms with Gasteiger partial charge in [0.05, 0.1) is 17.0 Å². The lowest BCUT2D eigenvalue weighted by molar-refractivity contribution is -0.136. The summed E-state index contributed by atoms with van der Waals surface area (Å²) in [6, 6.07) is 9.97. The van der Waals surface area contributed by atoms with Gasteiger partial charge in [0, 0.05) is 24.8 Å². The van der Waals surface area contributed by atoms with Gasteiger partial charge in [0.15, 0.2) is 0 Å². The number of carbonyl (C=O) groups is 1. The minimum absolute atomic E-state index is 0.0751. The first-order chi connectivity index (χ1) is 11.4. The van der Waals surface area contributed by atoms with Crippen molar-refractivity contribution in [1.29, 1.82) is 0 Å². The zero-order chi connectivity index (χ0) is 17.7. The number of aliphatic carboxylic acids is 1. The van der Waals surface area contributed by atoms with E-state index < -0.39 is 16.0 Å². The van der Waals surface area contributed by atoms with Crippen LogP contribution in [0.4, 0.5) is 0 Å². The summed E-state index contributed by atoms with van der Waals surface area (Å²) in [5.41, 5.74) is 2.05. The van der Waals surface area contributed by atoms with E-state index in [1.807, 2.05) is 0 Å². The molecule has 0 aliphatic heterocycles. The smallest absolute Gasteiger partial charge is 0.307 e. The molecule has 1 heterocycles. The van der Waals surface area contributed by atoms with E-state index >= 15 is 0 Å². The zero-order valence-electron chi connectivity index (χ0n) is 13.6. The number of carboxylic acid groups (broad SMARTS) is 1. The fourth-order valence-corrected chi connectivity index (χ4v) is 3.84. The fourth-order valence-electron chi connectivity index (χ4n) is 2.38. The normalized spacial score (nSPS) is 11.6. The van der Waals surface area contributed by atoms with Crippen molar-refractivity contribution in [2.24, 2.45) is 0 Å². The Bertz CT molecular complexity index is 795. The molecule has 0 saturated heterocycles. The molecule has 0 aliphatic rings. The third kappa shape index (κ3) is 3.98. The standard InChI is InChI=1S/C17H20N2O4S/c1-3-19(4-2)24(22,23)15-8-6-14(7-9-15)16-10-5-13(12-18-16)11-17(20)21/h5-10,12H,3-4,11H2,1-2H3,(H,20,21). The van der Waals surface area contributed by atoms with Crippen molar-refractivity contribution in [3.8, 4) is 11.3 Å². The molecule has 6 nitrogen and oxygen atoms in total. The van der Waals surface area contributed by atoms with Crippen LogP contribution in [-0.4, -0.2) is 41.9 Å². The summed E-state index contributed by atoms with van der Waals surface area (Å²) in [7, 11) is -3.47. The van der Waals surface area contributed by atoms with Gasteiger partial charge in [-0.25, -0.2) is 8.42 Å². The van der Waals surface area contributed by atoms with E-state index in [-0.39, 0.29) is 11.3 Å². The second-order valence-electron chi connectivity index (χ2n) is 5.24. The molecule has 0 spiro atoms. The summed E-state index contributed by atoms with van der Waals surface area (Å²) in [5, 5.41) is 8.76. The van der Waals surface area contributed by atoms with Crippen LogP contribution >= 0.6 is 0 Å². The molecule has 1 aromatic carbocycles. The highest BCUT2D eigenvalue weighted by Gasteiger charge is 2.21. The lowest BCUT2D eigenvalue weighted by Crippen LogP contribution is -2.30. The van der Waals surface area contributed by atoms with Crippen LogP contribution in [0.2, 0.25) is 0 Å². The Morgan fingerprint density at radius 2 is 1.71 bits per heavy atom. The first-order valence-corrected chi connectivity index (χ1v) is 9.09. The Labute approximate surface area is 141 Å². The van der Waals surface area contributed by atoms with Gasteiger partial charge in [-0.2, -0.15) is 4.31 Å². The maximum atomic E-state index is 12.4. The van der Waals surface area contributed by atoms with E-state index in [2.05, 4.69) is 4.98 Å². The Morgan fingerprint density at radius 1 is 1.08 bits per heavy atom. The average Bonchev–Trinajstić information content (AvgIpc) is 2.56. The molecule has 1 aromatic heterocycles. The van der Waals surface area contributed by atoms with Gasteiger partial charge < -0.3 is 5.11 Å². The van der Waals surface area contributed by atoms with Crippen molar-refractivity contribution in [1.82, 2.24) is 9.29 Å². The highest BCUT2D eigenvalue weighted by molar-refractivity contribution is 7.89. The molecule has 0 radical (unpaired) electrons. The van der Waals surface area contributed by atoms with Gasteiger partial charge in [0.25, 0.3) is 0 Å². The van der Waals surface area contributed by atoms with E-state index in [9.17, 15) is 13.2 Å². The SMILES string of the molecule is CCN(CC)S(=O)(=O)c1ccc(-c2ccc(CC(=O)O)cn2)cc1. The molecule has 128 valence electrons. The highest BCUT2D eigenvalue weighted by Crippen LogP contribution is 2.22. The van der Waals surface area contributed by atoms with Crippen molar-refractivity contribution in [3.63, 3.8) is 0 Å². The third-order valence-corrected chi connectivity index (χ3v) is 5.74. The van der Waals surface area contributed by atoms with E-state index in [1.165, 1.54) is 10.5 Å². The van der Waals surface area contributed by atoms with Crippen LogP contribution in [0.1, 0.15) is 19.4 Å². The van der Waals surface area contributed by atoms with Crippen molar-refractivity contribution in [3.05, 3.63) is 48.2 Å². The molecule has 0 bridgehead atoms. The third-order valence-electron chi connectivity index (χ3n) is 3.67. The summed E-state index contributed by atoms with van der Waals surface area (Å²) in [6.07, 6.45) is 1.44. The molecule has 0 fully saturated rings. The lowest BCUT2D eigenvalue weighted by atomic mass is 10.1. The number of aromatic nitrogens is 1. The van der Waals surface area contributed by atoms with Crippen molar-refractivity contribution < 1.29 is 18.3 Å². The largest absolute Gasteiger partial charge is 0.481 e. The Morgan fingerprint density at radius 3 is 2.17 bits per heavy atom.